The van der Waals surface area contributed by atoms with Crippen LogP contribution in [0, 0.1) is 5.82 Å². The second-order valence-electron chi connectivity index (χ2n) is 5.00. The summed E-state index contributed by atoms with van der Waals surface area (Å²) in [5.74, 6) is -1.03. The van der Waals surface area contributed by atoms with Gasteiger partial charge >= 0.3 is 11.9 Å². The molecule has 0 fully saturated rings. The third-order valence-corrected chi connectivity index (χ3v) is 3.64. The number of halogens is 5. The van der Waals surface area contributed by atoms with Crippen molar-refractivity contribution in [2.75, 3.05) is 11.9 Å². The van der Waals surface area contributed by atoms with Crippen molar-refractivity contribution >= 4 is 17.3 Å². The molecule has 1 N–H and O–H groups in total. The van der Waals surface area contributed by atoms with E-state index in [1.165, 1.54) is 6.08 Å². The van der Waals surface area contributed by atoms with Gasteiger partial charge in [-0.3, -0.25) is 9.36 Å². The van der Waals surface area contributed by atoms with E-state index < -0.39 is 34.6 Å². The summed E-state index contributed by atoms with van der Waals surface area (Å²) in [7, 11) is 0.839. The predicted octanol–water partition coefficient (Wildman–Crippen LogP) is 2.95. The Hall–Kier alpha value is -2.55. The van der Waals surface area contributed by atoms with Crippen molar-refractivity contribution in [2.45, 2.75) is 6.18 Å². The van der Waals surface area contributed by atoms with Crippen LogP contribution < -0.4 is 16.6 Å². The van der Waals surface area contributed by atoms with E-state index in [0.29, 0.717) is 4.57 Å². The van der Waals surface area contributed by atoms with Crippen LogP contribution in [0.1, 0.15) is 5.69 Å². The average molecular weight is 378 g/mol. The molecule has 0 aliphatic heterocycles. The largest absolute Gasteiger partial charge is 0.431 e. The molecular formula is C15H12ClF4N3O2. The van der Waals surface area contributed by atoms with Crippen LogP contribution in [0.2, 0.25) is 5.02 Å². The van der Waals surface area contributed by atoms with Crippen LogP contribution in [0.15, 0.2) is 40.4 Å². The van der Waals surface area contributed by atoms with Crippen LogP contribution in [0.25, 0.3) is 5.69 Å². The summed E-state index contributed by atoms with van der Waals surface area (Å²) in [6.45, 7) is 3.74. The number of aromatic nitrogens is 2. The minimum atomic E-state index is -4.90. The summed E-state index contributed by atoms with van der Waals surface area (Å²) in [6, 6.07) is 2.15. The lowest BCUT2D eigenvalue weighted by Gasteiger charge is -2.15. The Morgan fingerprint density at radius 2 is 1.92 bits per heavy atom. The number of benzene rings is 1. The number of alkyl halides is 3. The standard InChI is InChI=1S/C15H12ClF4N3O2/c1-3-4-21-10-6-11(9(17)5-8(10)16)23-13(24)7-12(15(18,19)20)22(2)14(23)25/h3,5-7,21H,1,4H2,2H3. The summed E-state index contributed by atoms with van der Waals surface area (Å²) in [6.07, 6.45) is -3.41. The fraction of sp³-hybridized carbons (Fsp3) is 0.200. The van der Waals surface area contributed by atoms with Gasteiger partial charge in [0.25, 0.3) is 5.56 Å². The van der Waals surface area contributed by atoms with Crippen molar-refractivity contribution in [3.8, 4) is 5.69 Å². The number of rotatable bonds is 4. The van der Waals surface area contributed by atoms with Gasteiger partial charge < -0.3 is 5.32 Å². The Kier molecular flexibility index (Phi) is 5.07. The normalized spacial score (nSPS) is 11.4. The summed E-state index contributed by atoms with van der Waals surface area (Å²) < 4.78 is 53.3. The molecule has 0 spiro atoms. The van der Waals surface area contributed by atoms with Gasteiger partial charge in [0, 0.05) is 19.7 Å². The molecule has 2 rings (SSSR count). The van der Waals surface area contributed by atoms with E-state index in [1.807, 2.05) is 0 Å². The van der Waals surface area contributed by atoms with E-state index in [0.717, 1.165) is 19.2 Å². The Morgan fingerprint density at radius 3 is 2.48 bits per heavy atom. The Labute approximate surface area is 143 Å². The quantitative estimate of drug-likeness (QED) is 0.658. The first-order valence-corrected chi connectivity index (χ1v) is 7.20. The van der Waals surface area contributed by atoms with Crippen molar-refractivity contribution in [1.82, 2.24) is 9.13 Å². The van der Waals surface area contributed by atoms with Crippen molar-refractivity contribution in [3.63, 3.8) is 0 Å². The van der Waals surface area contributed by atoms with E-state index >= 15 is 0 Å². The summed E-state index contributed by atoms with van der Waals surface area (Å²) in [4.78, 5) is 24.2. The van der Waals surface area contributed by atoms with Gasteiger partial charge in [0.05, 0.1) is 16.4 Å². The van der Waals surface area contributed by atoms with Crippen LogP contribution in [0.5, 0.6) is 0 Å². The molecule has 0 saturated heterocycles. The van der Waals surface area contributed by atoms with E-state index in [1.54, 1.807) is 0 Å². The zero-order valence-corrected chi connectivity index (χ0v) is 13.6. The van der Waals surface area contributed by atoms with Crippen LogP contribution in [-0.2, 0) is 13.2 Å². The molecule has 25 heavy (non-hydrogen) atoms. The molecule has 0 atom stereocenters. The first kappa shape index (κ1) is 18.8. The van der Waals surface area contributed by atoms with Crippen LogP contribution in [0.3, 0.4) is 0 Å². The number of anilines is 1. The maximum absolute atomic E-state index is 14.2. The monoisotopic (exact) mass is 377 g/mol. The molecule has 0 aliphatic rings. The second-order valence-corrected chi connectivity index (χ2v) is 5.40. The first-order valence-electron chi connectivity index (χ1n) is 6.82. The molecule has 0 saturated carbocycles. The Balaban J connectivity index is 2.75. The average Bonchev–Trinajstić information content (AvgIpc) is 2.50. The lowest BCUT2D eigenvalue weighted by atomic mass is 10.2. The molecule has 0 aliphatic carbocycles. The van der Waals surface area contributed by atoms with Gasteiger partial charge in [0.15, 0.2) is 0 Å². The highest BCUT2D eigenvalue weighted by atomic mass is 35.5. The minimum Gasteiger partial charge on any atom is -0.380 e. The topological polar surface area (TPSA) is 56.0 Å². The van der Waals surface area contributed by atoms with E-state index in [2.05, 4.69) is 11.9 Å². The zero-order valence-electron chi connectivity index (χ0n) is 12.8. The van der Waals surface area contributed by atoms with Gasteiger partial charge in [-0.05, 0) is 12.1 Å². The van der Waals surface area contributed by atoms with Crippen molar-refractivity contribution in [1.29, 1.82) is 0 Å². The van der Waals surface area contributed by atoms with Gasteiger partial charge in [0.2, 0.25) is 0 Å². The molecule has 2 aromatic rings. The molecule has 0 bridgehead atoms. The number of nitrogens with zero attached hydrogens (tertiary/aromatic N) is 2. The summed E-state index contributed by atoms with van der Waals surface area (Å²) in [5.41, 5.74) is -4.41. The van der Waals surface area contributed by atoms with Crippen LogP contribution in [-0.4, -0.2) is 15.7 Å². The van der Waals surface area contributed by atoms with Gasteiger partial charge in [-0.2, -0.15) is 13.2 Å². The smallest absolute Gasteiger partial charge is 0.380 e. The third kappa shape index (κ3) is 3.60. The zero-order chi connectivity index (χ0) is 18.9. The molecule has 0 amide bonds. The highest BCUT2D eigenvalue weighted by Crippen LogP contribution is 2.28. The van der Waals surface area contributed by atoms with Gasteiger partial charge in [0.1, 0.15) is 11.5 Å². The van der Waals surface area contributed by atoms with Gasteiger partial charge in [-0.25, -0.2) is 13.8 Å². The Bertz CT molecular complexity index is 948. The van der Waals surface area contributed by atoms with Gasteiger partial charge in [-0.15, -0.1) is 6.58 Å². The summed E-state index contributed by atoms with van der Waals surface area (Å²) >= 11 is 5.86. The van der Waals surface area contributed by atoms with E-state index in [-0.39, 0.29) is 27.9 Å². The molecular weight excluding hydrogens is 366 g/mol. The first-order chi connectivity index (χ1) is 11.6. The Morgan fingerprint density at radius 1 is 1.28 bits per heavy atom. The fourth-order valence-corrected chi connectivity index (χ4v) is 2.36. The third-order valence-electron chi connectivity index (χ3n) is 3.32. The number of hydrogen-bond acceptors (Lipinski definition) is 3. The maximum atomic E-state index is 14.2. The van der Waals surface area contributed by atoms with Crippen molar-refractivity contribution in [3.05, 3.63) is 68.2 Å². The predicted molar refractivity (Wildman–Crippen MR) is 85.9 cm³/mol. The molecule has 1 aromatic heterocycles. The molecule has 134 valence electrons. The minimum absolute atomic E-state index is 0.0279. The number of hydrogen-bond donors (Lipinski definition) is 1. The van der Waals surface area contributed by atoms with Crippen LogP contribution >= 0.6 is 11.6 Å². The number of nitrogens with one attached hydrogen (secondary N) is 1. The van der Waals surface area contributed by atoms with Crippen molar-refractivity contribution < 1.29 is 17.6 Å². The van der Waals surface area contributed by atoms with Crippen molar-refractivity contribution in [2.24, 2.45) is 7.05 Å². The molecule has 10 heteroatoms. The molecule has 0 unspecified atom stereocenters. The lowest BCUT2D eigenvalue weighted by molar-refractivity contribution is -0.144. The van der Waals surface area contributed by atoms with Gasteiger partial charge in [-0.1, -0.05) is 17.7 Å². The fourth-order valence-electron chi connectivity index (χ4n) is 2.15. The molecule has 5 nitrogen and oxygen atoms in total. The SMILES string of the molecule is C=CCNc1cc(-n2c(=O)cc(C(F)(F)F)n(C)c2=O)c(F)cc1Cl. The summed E-state index contributed by atoms with van der Waals surface area (Å²) in [5, 5.41) is 2.74. The highest BCUT2D eigenvalue weighted by molar-refractivity contribution is 6.33. The second kappa shape index (κ2) is 6.75. The van der Waals surface area contributed by atoms with E-state index in [4.69, 9.17) is 11.6 Å². The van der Waals surface area contributed by atoms with E-state index in [9.17, 15) is 27.2 Å². The lowest BCUT2D eigenvalue weighted by Crippen LogP contribution is -2.41. The molecule has 0 radical (unpaired) electrons. The highest BCUT2D eigenvalue weighted by Gasteiger charge is 2.35. The molecule has 1 aromatic carbocycles. The van der Waals surface area contributed by atoms with Crippen LogP contribution in [0.4, 0.5) is 23.2 Å². The maximum Gasteiger partial charge on any atom is 0.431 e. The molecule has 1 heterocycles.